The van der Waals surface area contributed by atoms with Gasteiger partial charge in [-0.15, -0.1) is 0 Å². The van der Waals surface area contributed by atoms with E-state index in [1.165, 1.54) is 0 Å². The molecule has 24 heavy (non-hydrogen) atoms. The molecule has 0 spiro atoms. The summed E-state index contributed by atoms with van der Waals surface area (Å²) < 4.78 is 16.4. The summed E-state index contributed by atoms with van der Waals surface area (Å²) in [6.07, 6.45) is 4.40. The monoisotopic (exact) mass is 329 g/mol. The largest absolute Gasteiger partial charge is 0.497 e. The fourth-order valence-corrected chi connectivity index (χ4v) is 2.47. The van der Waals surface area contributed by atoms with Gasteiger partial charge in [0.15, 0.2) is 0 Å². The molecule has 1 aromatic carbocycles. The number of aromatic nitrogens is 2. The van der Waals surface area contributed by atoms with Crippen molar-refractivity contribution in [2.75, 3.05) is 33.4 Å². The SMILES string of the molecule is COc1ccc(C(=O)N2CCOCC(Oc3cnccn3)C2)cc1. The van der Waals surface area contributed by atoms with E-state index in [9.17, 15) is 4.79 Å². The van der Waals surface area contributed by atoms with Gasteiger partial charge < -0.3 is 19.1 Å². The zero-order valence-corrected chi connectivity index (χ0v) is 13.4. The van der Waals surface area contributed by atoms with Crippen molar-refractivity contribution < 1.29 is 19.0 Å². The van der Waals surface area contributed by atoms with E-state index in [1.54, 1.807) is 54.9 Å². The van der Waals surface area contributed by atoms with E-state index in [0.29, 0.717) is 37.7 Å². The van der Waals surface area contributed by atoms with E-state index in [4.69, 9.17) is 14.2 Å². The lowest BCUT2D eigenvalue weighted by Gasteiger charge is -2.24. The Bertz CT molecular complexity index is 663. The molecule has 1 atom stereocenters. The molecule has 0 aliphatic carbocycles. The number of methoxy groups -OCH3 is 1. The summed E-state index contributed by atoms with van der Waals surface area (Å²) in [4.78, 5) is 22.5. The van der Waals surface area contributed by atoms with Crippen LogP contribution in [0.25, 0.3) is 0 Å². The Labute approximate surface area is 140 Å². The summed E-state index contributed by atoms with van der Waals surface area (Å²) in [5, 5.41) is 0. The van der Waals surface area contributed by atoms with Crippen LogP contribution in [-0.4, -0.2) is 60.3 Å². The molecule has 2 aromatic rings. The predicted octanol–water partition coefficient (Wildman–Crippen LogP) is 1.41. The smallest absolute Gasteiger partial charge is 0.254 e. The average molecular weight is 329 g/mol. The highest BCUT2D eigenvalue weighted by molar-refractivity contribution is 5.94. The van der Waals surface area contributed by atoms with Gasteiger partial charge in [-0.3, -0.25) is 9.78 Å². The summed E-state index contributed by atoms with van der Waals surface area (Å²) >= 11 is 0. The minimum Gasteiger partial charge on any atom is -0.497 e. The predicted molar refractivity (Wildman–Crippen MR) is 86.2 cm³/mol. The van der Waals surface area contributed by atoms with Crippen LogP contribution < -0.4 is 9.47 Å². The van der Waals surface area contributed by atoms with E-state index in [1.807, 2.05) is 0 Å². The molecule has 1 aliphatic heterocycles. The van der Waals surface area contributed by atoms with Gasteiger partial charge in [0.1, 0.15) is 11.9 Å². The second kappa shape index (κ2) is 7.74. The Morgan fingerprint density at radius 2 is 2.12 bits per heavy atom. The van der Waals surface area contributed by atoms with Crippen molar-refractivity contribution in [3.63, 3.8) is 0 Å². The number of amides is 1. The molecule has 0 radical (unpaired) electrons. The molecule has 1 aliphatic rings. The van der Waals surface area contributed by atoms with Gasteiger partial charge in [0.05, 0.1) is 33.1 Å². The van der Waals surface area contributed by atoms with Crippen molar-refractivity contribution in [3.05, 3.63) is 48.4 Å². The van der Waals surface area contributed by atoms with Crippen molar-refractivity contribution >= 4 is 5.91 Å². The molecule has 7 nitrogen and oxygen atoms in total. The van der Waals surface area contributed by atoms with Gasteiger partial charge in [0.2, 0.25) is 5.88 Å². The molecule has 3 rings (SSSR count). The first-order valence-corrected chi connectivity index (χ1v) is 7.70. The van der Waals surface area contributed by atoms with Crippen LogP contribution in [-0.2, 0) is 4.74 Å². The van der Waals surface area contributed by atoms with Crippen molar-refractivity contribution in [1.82, 2.24) is 14.9 Å². The van der Waals surface area contributed by atoms with Gasteiger partial charge in [0, 0.05) is 24.5 Å². The van der Waals surface area contributed by atoms with Crippen LogP contribution >= 0.6 is 0 Å². The van der Waals surface area contributed by atoms with Crippen molar-refractivity contribution in [1.29, 1.82) is 0 Å². The lowest BCUT2D eigenvalue weighted by molar-refractivity contribution is 0.0632. The highest BCUT2D eigenvalue weighted by Crippen LogP contribution is 2.15. The molecule has 0 bridgehead atoms. The fourth-order valence-electron chi connectivity index (χ4n) is 2.47. The molecule has 7 heteroatoms. The molecular weight excluding hydrogens is 310 g/mol. The molecular formula is C17H19N3O4. The molecule has 1 aromatic heterocycles. The number of nitrogens with zero attached hydrogens (tertiary/aromatic N) is 3. The number of carbonyl (C=O) groups is 1. The van der Waals surface area contributed by atoms with E-state index in [-0.39, 0.29) is 12.0 Å². The lowest BCUT2D eigenvalue weighted by atomic mass is 10.2. The van der Waals surface area contributed by atoms with Crippen molar-refractivity contribution in [2.24, 2.45) is 0 Å². The third kappa shape index (κ3) is 3.99. The minimum atomic E-state index is -0.286. The Hall–Kier alpha value is -2.67. The van der Waals surface area contributed by atoms with Crippen LogP contribution in [0.4, 0.5) is 0 Å². The lowest BCUT2D eigenvalue weighted by Crippen LogP contribution is -2.40. The van der Waals surface area contributed by atoms with E-state index in [0.717, 1.165) is 5.75 Å². The number of ether oxygens (including phenoxy) is 3. The summed E-state index contributed by atoms with van der Waals surface area (Å²) in [6, 6.07) is 7.06. The first-order valence-electron chi connectivity index (χ1n) is 7.70. The van der Waals surface area contributed by atoms with Gasteiger partial charge >= 0.3 is 0 Å². The first-order chi connectivity index (χ1) is 11.8. The first kappa shape index (κ1) is 16.2. The maximum atomic E-state index is 12.7. The molecule has 1 fully saturated rings. The zero-order chi connectivity index (χ0) is 16.8. The fraction of sp³-hybridized carbons (Fsp3) is 0.353. The number of rotatable bonds is 4. The second-order valence-corrected chi connectivity index (χ2v) is 5.34. The van der Waals surface area contributed by atoms with Crippen LogP contribution in [0.5, 0.6) is 11.6 Å². The van der Waals surface area contributed by atoms with Gasteiger partial charge in [-0.25, -0.2) is 4.98 Å². The Morgan fingerprint density at radius 1 is 1.29 bits per heavy atom. The van der Waals surface area contributed by atoms with E-state index >= 15 is 0 Å². The number of hydrogen-bond acceptors (Lipinski definition) is 6. The Morgan fingerprint density at radius 3 is 2.83 bits per heavy atom. The summed E-state index contributed by atoms with van der Waals surface area (Å²) in [6.45, 7) is 1.83. The maximum absolute atomic E-state index is 12.7. The maximum Gasteiger partial charge on any atom is 0.254 e. The third-order valence-corrected chi connectivity index (χ3v) is 3.68. The molecule has 1 saturated heterocycles. The molecule has 0 N–H and O–H groups in total. The number of carbonyl (C=O) groups excluding carboxylic acids is 1. The highest BCUT2D eigenvalue weighted by Gasteiger charge is 2.25. The quantitative estimate of drug-likeness (QED) is 0.844. The molecule has 1 amide bonds. The van der Waals surface area contributed by atoms with Crippen molar-refractivity contribution in [3.8, 4) is 11.6 Å². The van der Waals surface area contributed by atoms with Gasteiger partial charge in [0.25, 0.3) is 5.91 Å². The zero-order valence-electron chi connectivity index (χ0n) is 13.4. The Balaban J connectivity index is 1.68. The summed E-state index contributed by atoms with van der Waals surface area (Å²) in [5.41, 5.74) is 0.607. The third-order valence-electron chi connectivity index (χ3n) is 3.68. The average Bonchev–Trinajstić information content (AvgIpc) is 2.87. The highest BCUT2D eigenvalue weighted by atomic mass is 16.5. The molecule has 2 heterocycles. The molecule has 126 valence electrons. The van der Waals surface area contributed by atoms with Gasteiger partial charge in [-0.05, 0) is 24.3 Å². The van der Waals surface area contributed by atoms with E-state index < -0.39 is 0 Å². The Kier molecular flexibility index (Phi) is 5.22. The van der Waals surface area contributed by atoms with Crippen molar-refractivity contribution in [2.45, 2.75) is 6.10 Å². The standard InChI is InChI=1S/C17H19N3O4/c1-22-14-4-2-13(3-5-14)17(21)20-8-9-23-12-15(11-20)24-16-10-18-6-7-19-16/h2-7,10,15H,8-9,11-12H2,1H3. The molecule has 0 saturated carbocycles. The van der Waals surface area contributed by atoms with Gasteiger partial charge in [-0.1, -0.05) is 0 Å². The van der Waals surface area contributed by atoms with Crippen LogP contribution in [0.2, 0.25) is 0 Å². The minimum absolute atomic E-state index is 0.0594. The van der Waals surface area contributed by atoms with E-state index in [2.05, 4.69) is 9.97 Å². The number of hydrogen-bond donors (Lipinski definition) is 0. The van der Waals surface area contributed by atoms with Crippen LogP contribution in [0.1, 0.15) is 10.4 Å². The second-order valence-electron chi connectivity index (χ2n) is 5.34. The van der Waals surface area contributed by atoms with Gasteiger partial charge in [-0.2, -0.15) is 0 Å². The van der Waals surface area contributed by atoms with Crippen LogP contribution in [0, 0.1) is 0 Å². The topological polar surface area (TPSA) is 73.8 Å². The summed E-state index contributed by atoms with van der Waals surface area (Å²) in [5.74, 6) is 1.08. The molecule has 1 unspecified atom stereocenters. The normalized spacial score (nSPS) is 17.9. The van der Waals surface area contributed by atoms with Crippen LogP contribution in [0.15, 0.2) is 42.9 Å². The summed E-state index contributed by atoms with van der Waals surface area (Å²) in [7, 11) is 1.59. The number of benzene rings is 1. The van der Waals surface area contributed by atoms with Crippen LogP contribution in [0.3, 0.4) is 0 Å².